The average molecular weight is 433 g/mol. The summed E-state index contributed by atoms with van der Waals surface area (Å²) >= 11 is 2.31. The third-order valence-electron chi connectivity index (χ3n) is 5.66. The summed E-state index contributed by atoms with van der Waals surface area (Å²) in [5.41, 5.74) is 7.09. The summed E-state index contributed by atoms with van der Waals surface area (Å²) in [7, 11) is 0. The van der Waals surface area contributed by atoms with Crippen molar-refractivity contribution in [2.75, 3.05) is 13.2 Å². The SMILES string of the molecule is CC#Cc1cccc(-c2csc(C3(C)N=C(N)SC4(CCOCC4)C3(F)F)c2)c1. The van der Waals surface area contributed by atoms with Crippen LogP contribution in [-0.2, 0) is 10.3 Å². The van der Waals surface area contributed by atoms with E-state index in [2.05, 4.69) is 16.8 Å². The molecule has 29 heavy (non-hydrogen) atoms. The lowest BCUT2D eigenvalue weighted by Gasteiger charge is -2.50. The predicted octanol–water partition coefficient (Wildman–Crippen LogP) is 5.25. The van der Waals surface area contributed by atoms with E-state index in [1.54, 1.807) is 6.92 Å². The summed E-state index contributed by atoms with van der Waals surface area (Å²) < 4.78 is 36.0. The molecule has 1 unspecified atom stereocenters. The molecule has 4 rings (SSSR count). The highest BCUT2D eigenvalue weighted by molar-refractivity contribution is 8.15. The Kier molecular flexibility index (Phi) is 5.22. The van der Waals surface area contributed by atoms with Gasteiger partial charge in [-0.15, -0.1) is 17.3 Å². The second kappa shape index (κ2) is 7.42. The lowest BCUT2D eigenvalue weighted by atomic mass is 9.78. The zero-order valence-corrected chi connectivity index (χ0v) is 17.9. The van der Waals surface area contributed by atoms with Crippen LogP contribution in [0.5, 0.6) is 0 Å². The first-order valence-electron chi connectivity index (χ1n) is 9.43. The minimum absolute atomic E-state index is 0.218. The number of aliphatic imine (C=N–C) groups is 1. The van der Waals surface area contributed by atoms with Gasteiger partial charge in [0.1, 0.15) is 0 Å². The molecule has 1 fully saturated rings. The number of amidine groups is 1. The molecule has 1 atom stereocenters. The van der Waals surface area contributed by atoms with Crippen molar-refractivity contribution in [1.29, 1.82) is 0 Å². The minimum atomic E-state index is -3.06. The number of thioether (sulfide) groups is 1. The number of nitrogens with zero attached hydrogens (tertiary/aromatic N) is 1. The van der Waals surface area contributed by atoms with Gasteiger partial charge in [0.05, 0.1) is 4.75 Å². The number of hydrogen-bond acceptors (Lipinski definition) is 5. The Morgan fingerprint density at radius 2 is 1.93 bits per heavy atom. The van der Waals surface area contributed by atoms with Crippen LogP contribution in [0, 0.1) is 11.8 Å². The maximum Gasteiger partial charge on any atom is 0.292 e. The first-order valence-corrected chi connectivity index (χ1v) is 11.1. The molecule has 3 nitrogen and oxygen atoms in total. The number of benzene rings is 1. The van der Waals surface area contributed by atoms with Gasteiger partial charge in [0.15, 0.2) is 10.7 Å². The lowest BCUT2D eigenvalue weighted by Crippen LogP contribution is -2.62. The van der Waals surface area contributed by atoms with Gasteiger partial charge >= 0.3 is 0 Å². The van der Waals surface area contributed by atoms with Crippen molar-refractivity contribution in [3.63, 3.8) is 0 Å². The van der Waals surface area contributed by atoms with Crippen molar-refractivity contribution >= 4 is 28.3 Å². The quantitative estimate of drug-likeness (QED) is 0.660. The third kappa shape index (κ3) is 3.27. The second-order valence-electron chi connectivity index (χ2n) is 7.46. The minimum Gasteiger partial charge on any atom is -0.381 e. The smallest absolute Gasteiger partial charge is 0.292 e. The van der Waals surface area contributed by atoms with Crippen LogP contribution in [-0.4, -0.2) is 29.1 Å². The molecule has 0 bridgehead atoms. The van der Waals surface area contributed by atoms with Crippen LogP contribution in [0.25, 0.3) is 11.1 Å². The van der Waals surface area contributed by atoms with E-state index in [9.17, 15) is 0 Å². The van der Waals surface area contributed by atoms with Gasteiger partial charge in [0.2, 0.25) is 0 Å². The zero-order valence-electron chi connectivity index (χ0n) is 16.3. The second-order valence-corrected chi connectivity index (χ2v) is 9.78. The van der Waals surface area contributed by atoms with Crippen molar-refractivity contribution in [2.45, 2.75) is 42.9 Å². The number of halogens is 2. The Bertz CT molecular complexity index is 1020. The normalized spacial score (nSPS) is 25.2. The van der Waals surface area contributed by atoms with Crippen molar-refractivity contribution in [3.05, 3.63) is 46.2 Å². The molecule has 1 spiro atoms. The van der Waals surface area contributed by atoms with Crippen molar-refractivity contribution in [2.24, 2.45) is 10.7 Å². The molecule has 2 aliphatic rings. The summed E-state index contributed by atoms with van der Waals surface area (Å²) in [6.07, 6.45) is 0.513. The molecule has 2 N–H and O–H groups in total. The summed E-state index contributed by atoms with van der Waals surface area (Å²) in [6.45, 7) is 3.92. The largest absolute Gasteiger partial charge is 0.381 e. The molecule has 2 aliphatic heterocycles. The average Bonchev–Trinajstić information content (AvgIpc) is 3.19. The van der Waals surface area contributed by atoms with E-state index in [4.69, 9.17) is 10.5 Å². The topological polar surface area (TPSA) is 47.6 Å². The van der Waals surface area contributed by atoms with Crippen LogP contribution in [0.4, 0.5) is 8.78 Å². The maximum absolute atomic E-state index is 16.0. The van der Waals surface area contributed by atoms with Crippen LogP contribution in [0.2, 0.25) is 0 Å². The fraction of sp³-hybridized carbons (Fsp3) is 0.409. The summed E-state index contributed by atoms with van der Waals surface area (Å²) in [5.74, 6) is 2.86. The number of hydrogen-bond donors (Lipinski definition) is 1. The molecule has 0 saturated carbocycles. The van der Waals surface area contributed by atoms with E-state index < -0.39 is 16.2 Å². The molecular formula is C22H22F2N2OS2. The van der Waals surface area contributed by atoms with Crippen LogP contribution < -0.4 is 5.73 Å². The monoisotopic (exact) mass is 432 g/mol. The molecule has 1 saturated heterocycles. The highest BCUT2D eigenvalue weighted by atomic mass is 32.2. The first kappa shape index (κ1) is 20.4. The van der Waals surface area contributed by atoms with Crippen molar-refractivity contribution < 1.29 is 13.5 Å². The Morgan fingerprint density at radius 3 is 2.66 bits per heavy atom. The molecule has 0 aliphatic carbocycles. The van der Waals surface area contributed by atoms with Gasteiger partial charge in [-0.2, -0.15) is 0 Å². The van der Waals surface area contributed by atoms with Crippen molar-refractivity contribution in [3.8, 4) is 23.0 Å². The lowest BCUT2D eigenvalue weighted by molar-refractivity contribution is -0.127. The molecule has 2 aromatic rings. The van der Waals surface area contributed by atoms with Gasteiger partial charge in [-0.3, -0.25) is 0 Å². The number of thiophene rings is 1. The van der Waals surface area contributed by atoms with Gasteiger partial charge < -0.3 is 10.5 Å². The Hall–Kier alpha value is -1.88. The van der Waals surface area contributed by atoms with E-state index in [-0.39, 0.29) is 18.0 Å². The van der Waals surface area contributed by atoms with E-state index in [0.717, 1.165) is 28.5 Å². The van der Waals surface area contributed by atoms with E-state index in [1.807, 2.05) is 35.7 Å². The molecule has 1 aromatic carbocycles. The van der Waals surface area contributed by atoms with E-state index in [1.165, 1.54) is 18.3 Å². The fourth-order valence-corrected chi connectivity index (χ4v) is 6.39. The fourth-order valence-electron chi connectivity index (χ4n) is 4.01. The summed E-state index contributed by atoms with van der Waals surface area (Å²) in [5, 5.41) is 2.12. The van der Waals surface area contributed by atoms with Crippen LogP contribution in [0.1, 0.15) is 37.1 Å². The van der Waals surface area contributed by atoms with Gasteiger partial charge in [-0.25, -0.2) is 13.8 Å². The molecule has 3 heterocycles. The standard InChI is InChI=1S/C22H22F2N2OS2/c1-3-5-15-6-4-7-16(12-15)17-13-18(28-14-17)20(2)22(23,24)21(29-19(25)26-20)8-10-27-11-9-21/h4,6-7,12-14H,8-11H2,1-2H3,(H2,25,26). The Labute approximate surface area is 177 Å². The van der Waals surface area contributed by atoms with Crippen LogP contribution >= 0.6 is 23.1 Å². The van der Waals surface area contributed by atoms with Gasteiger partial charge in [-0.05, 0) is 61.4 Å². The van der Waals surface area contributed by atoms with Gasteiger partial charge in [0, 0.05) is 23.7 Å². The highest BCUT2D eigenvalue weighted by Gasteiger charge is 2.68. The maximum atomic E-state index is 16.0. The third-order valence-corrected chi connectivity index (χ3v) is 8.16. The highest BCUT2D eigenvalue weighted by Crippen LogP contribution is 2.60. The Morgan fingerprint density at radius 1 is 1.17 bits per heavy atom. The van der Waals surface area contributed by atoms with Crippen molar-refractivity contribution in [1.82, 2.24) is 0 Å². The number of nitrogens with two attached hydrogens (primary N) is 1. The van der Waals surface area contributed by atoms with Crippen LogP contribution in [0.15, 0.2) is 40.7 Å². The first-order chi connectivity index (χ1) is 13.8. The molecule has 0 amide bonds. The molecule has 152 valence electrons. The molecule has 0 radical (unpaired) electrons. The van der Waals surface area contributed by atoms with E-state index in [0.29, 0.717) is 18.1 Å². The predicted molar refractivity (Wildman–Crippen MR) is 117 cm³/mol. The van der Waals surface area contributed by atoms with Gasteiger partial charge in [-0.1, -0.05) is 29.8 Å². The Balaban J connectivity index is 1.76. The molecule has 7 heteroatoms. The summed E-state index contributed by atoms with van der Waals surface area (Å²) in [4.78, 5) is 4.81. The van der Waals surface area contributed by atoms with Crippen LogP contribution in [0.3, 0.4) is 0 Å². The van der Waals surface area contributed by atoms with Gasteiger partial charge in [0.25, 0.3) is 5.92 Å². The summed E-state index contributed by atoms with van der Waals surface area (Å²) in [6, 6.07) is 9.60. The number of rotatable bonds is 2. The molecule has 1 aromatic heterocycles. The van der Waals surface area contributed by atoms with E-state index >= 15 is 8.78 Å². The zero-order chi connectivity index (χ0) is 20.7. The number of alkyl halides is 2. The number of ether oxygens (including phenoxy) is 1. The molecular weight excluding hydrogens is 410 g/mol.